The van der Waals surface area contributed by atoms with Gasteiger partial charge in [-0.25, -0.2) is 8.42 Å². The molecule has 0 aliphatic rings. The first-order valence-electron chi connectivity index (χ1n) is 12.5. The van der Waals surface area contributed by atoms with Crippen LogP contribution in [0.1, 0.15) is 31.4 Å². The highest BCUT2D eigenvalue weighted by Crippen LogP contribution is 2.24. The lowest BCUT2D eigenvalue weighted by Gasteiger charge is -2.32. The molecule has 0 saturated carbocycles. The molecule has 0 aromatic heterocycles. The molecule has 0 aliphatic heterocycles. The summed E-state index contributed by atoms with van der Waals surface area (Å²) >= 11 is 0. The van der Waals surface area contributed by atoms with Gasteiger partial charge < -0.3 is 10.2 Å². The van der Waals surface area contributed by atoms with E-state index >= 15 is 0 Å². The lowest BCUT2D eigenvalue weighted by Crippen LogP contribution is -2.52. The van der Waals surface area contributed by atoms with Gasteiger partial charge in [-0.15, -0.1) is 0 Å². The molecular formula is C29H35N3O4S. The molecule has 0 spiro atoms. The molecule has 196 valence electrons. The monoisotopic (exact) mass is 521 g/mol. The number of carbonyl (C=O) groups is 2. The maximum atomic E-state index is 13.7. The van der Waals surface area contributed by atoms with Crippen LogP contribution in [0.3, 0.4) is 0 Å². The van der Waals surface area contributed by atoms with Crippen LogP contribution in [0.2, 0.25) is 0 Å². The van der Waals surface area contributed by atoms with Crippen molar-refractivity contribution in [1.82, 2.24) is 10.2 Å². The number of nitrogens with zero attached hydrogens (tertiary/aromatic N) is 2. The molecule has 0 unspecified atom stereocenters. The maximum absolute atomic E-state index is 13.7. The van der Waals surface area contributed by atoms with Gasteiger partial charge in [0.15, 0.2) is 0 Å². The number of hydrogen-bond acceptors (Lipinski definition) is 4. The molecule has 0 aliphatic carbocycles. The summed E-state index contributed by atoms with van der Waals surface area (Å²) < 4.78 is 28.5. The Labute approximate surface area is 220 Å². The number of carbonyl (C=O) groups excluding carboxylic acids is 2. The molecule has 0 radical (unpaired) electrons. The van der Waals surface area contributed by atoms with E-state index in [0.29, 0.717) is 18.7 Å². The Balaban J connectivity index is 1.93. The van der Waals surface area contributed by atoms with Crippen LogP contribution in [0.5, 0.6) is 0 Å². The number of anilines is 1. The molecule has 3 aromatic carbocycles. The Morgan fingerprint density at radius 3 is 2.08 bits per heavy atom. The van der Waals surface area contributed by atoms with Crippen LogP contribution >= 0.6 is 0 Å². The van der Waals surface area contributed by atoms with Gasteiger partial charge in [-0.1, -0.05) is 73.2 Å². The van der Waals surface area contributed by atoms with Gasteiger partial charge in [0.2, 0.25) is 11.8 Å². The lowest BCUT2D eigenvalue weighted by molar-refractivity contribution is -0.138. The minimum absolute atomic E-state index is 0.0966. The third-order valence-electron chi connectivity index (χ3n) is 6.13. The number of aryl methyl sites for hydroxylation is 1. The summed E-state index contributed by atoms with van der Waals surface area (Å²) in [6.45, 7) is 5.86. The SMILES string of the molecule is CCCNC(=O)[C@@H](C)N(CCc1ccccc1)C(=O)CN(c1ccccc1)S(=O)(=O)c1ccc(C)cc1. The quantitative estimate of drug-likeness (QED) is 0.388. The van der Waals surface area contributed by atoms with Gasteiger partial charge in [-0.3, -0.25) is 13.9 Å². The van der Waals surface area contributed by atoms with Crippen molar-refractivity contribution >= 4 is 27.5 Å². The molecule has 3 aromatic rings. The lowest BCUT2D eigenvalue weighted by atomic mass is 10.1. The van der Waals surface area contributed by atoms with Crippen LogP contribution in [0.15, 0.2) is 89.8 Å². The Morgan fingerprint density at radius 1 is 0.892 bits per heavy atom. The Kier molecular flexibility index (Phi) is 9.85. The smallest absolute Gasteiger partial charge is 0.264 e. The summed E-state index contributed by atoms with van der Waals surface area (Å²) in [5, 5.41) is 2.85. The van der Waals surface area contributed by atoms with E-state index in [4.69, 9.17) is 0 Å². The maximum Gasteiger partial charge on any atom is 0.264 e. The highest BCUT2D eigenvalue weighted by Gasteiger charge is 2.32. The predicted octanol–water partition coefficient (Wildman–Crippen LogP) is 4.18. The molecule has 0 fully saturated rings. The molecule has 8 heteroatoms. The van der Waals surface area contributed by atoms with Crippen molar-refractivity contribution in [2.75, 3.05) is 23.9 Å². The molecule has 3 rings (SSSR count). The van der Waals surface area contributed by atoms with Crippen LogP contribution in [-0.2, 0) is 26.0 Å². The Bertz CT molecular complexity index is 1260. The van der Waals surface area contributed by atoms with E-state index in [1.165, 1.54) is 4.90 Å². The van der Waals surface area contributed by atoms with Gasteiger partial charge in [0.1, 0.15) is 12.6 Å². The van der Waals surface area contributed by atoms with Crippen molar-refractivity contribution in [3.8, 4) is 0 Å². The fourth-order valence-electron chi connectivity index (χ4n) is 3.93. The third-order valence-corrected chi connectivity index (χ3v) is 7.92. The largest absolute Gasteiger partial charge is 0.354 e. The summed E-state index contributed by atoms with van der Waals surface area (Å²) in [5.74, 6) is -0.717. The summed E-state index contributed by atoms with van der Waals surface area (Å²) in [6, 6.07) is 24.0. The second-order valence-electron chi connectivity index (χ2n) is 8.95. The Hall–Kier alpha value is -3.65. The van der Waals surface area contributed by atoms with Crippen molar-refractivity contribution in [3.63, 3.8) is 0 Å². The number of rotatable bonds is 12. The summed E-state index contributed by atoms with van der Waals surface area (Å²) in [4.78, 5) is 28.1. The fraction of sp³-hybridized carbons (Fsp3) is 0.310. The first-order chi connectivity index (χ1) is 17.7. The van der Waals surface area contributed by atoms with Crippen LogP contribution < -0.4 is 9.62 Å². The molecular weight excluding hydrogens is 486 g/mol. The van der Waals surface area contributed by atoms with Crippen molar-refractivity contribution in [3.05, 3.63) is 96.1 Å². The number of nitrogens with one attached hydrogen (secondary N) is 1. The zero-order chi connectivity index (χ0) is 26.8. The van der Waals surface area contributed by atoms with E-state index in [0.717, 1.165) is 21.9 Å². The molecule has 0 saturated heterocycles. The zero-order valence-corrected chi connectivity index (χ0v) is 22.4. The highest BCUT2D eigenvalue weighted by atomic mass is 32.2. The molecule has 0 bridgehead atoms. The molecule has 2 amide bonds. The van der Waals surface area contributed by atoms with E-state index in [2.05, 4.69) is 5.32 Å². The van der Waals surface area contributed by atoms with Crippen LogP contribution in [0.4, 0.5) is 5.69 Å². The van der Waals surface area contributed by atoms with Gasteiger partial charge in [0, 0.05) is 13.1 Å². The van der Waals surface area contributed by atoms with Crippen molar-refractivity contribution in [1.29, 1.82) is 0 Å². The van der Waals surface area contributed by atoms with E-state index in [1.807, 2.05) is 44.2 Å². The van der Waals surface area contributed by atoms with Crippen molar-refractivity contribution in [2.24, 2.45) is 0 Å². The second-order valence-corrected chi connectivity index (χ2v) is 10.8. The average molecular weight is 522 g/mol. The molecule has 7 nitrogen and oxygen atoms in total. The summed E-state index contributed by atoms with van der Waals surface area (Å²) in [7, 11) is -4.04. The summed E-state index contributed by atoms with van der Waals surface area (Å²) in [5.41, 5.74) is 2.33. The van der Waals surface area contributed by atoms with E-state index in [9.17, 15) is 18.0 Å². The first-order valence-corrected chi connectivity index (χ1v) is 13.9. The number of amides is 2. The standard InChI is InChI=1S/C29H35N3O4S/c1-4-20-30-29(34)24(3)31(21-19-25-11-7-5-8-12-25)28(33)22-32(26-13-9-6-10-14-26)37(35,36)27-17-15-23(2)16-18-27/h5-18,24H,4,19-22H2,1-3H3,(H,30,34)/t24-/m1/s1. The van der Waals surface area contributed by atoms with Crippen molar-refractivity contribution < 1.29 is 18.0 Å². The molecule has 1 atom stereocenters. The minimum atomic E-state index is -4.04. The molecule has 0 heterocycles. The number of sulfonamides is 1. The topological polar surface area (TPSA) is 86.8 Å². The van der Waals surface area contributed by atoms with Gasteiger partial charge in [-0.2, -0.15) is 0 Å². The number of hydrogen-bond donors (Lipinski definition) is 1. The van der Waals surface area contributed by atoms with E-state index in [1.54, 1.807) is 61.5 Å². The van der Waals surface area contributed by atoms with Gasteiger partial charge in [0.05, 0.1) is 10.6 Å². The summed E-state index contributed by atoms with van der Waals surface area (Å²) in [6.07, 6.45) is 1.31. The van der Waals surface area contributed by atoms with Gasteiger partial charge in [0.25, 0.3) is 10.0 Å². The van der Waals surface area contributed by atoms with Crippen LogP contribution in [0, 0.1) is 6.92 Å². The normalized spacial score (nSPS) is 12.0. The number of benzene rings is 3. The first kappa shape index (κ1) is 27.9. The molecule has 1 N–H and O–H groups in total. The van der Waals surface area contributed by atoms with Gasteiger partial charge >= 0.3 is 0 Å². The van der Waals surface area contributed by atoms with Gasteiger partial charge in [-0.05, 0) is 56.5 Å². The highest BCUT2D eigenvalue weighted by molar-refractivity contribution is 7.92. The Morgan fingerprint density at radius 2 is 1.49 bits per heavy atom. The number of para-hydroxylation sites is 1. The average Bonchev–Trinajstić information content (AvgIpc) is 2.91. The van der Waals surface area contributed by atoms with Crippen LogP contribution in [-0.4, -0.2) is 50.8 Å². The minimum Gasteiger partial charge on any atom is -0.354 e. The predicted molar refractivity (Wildman–Crippen MR) is 147 cm³/mol. The van der Waals surface area contributed by atoms with Crippen LogP contribution in [0.25, 0.3) is 0 Å². The second kappa shape index (κ2) is 13.1. The zero-order valence-electron chi connectivity index (χ0n) is 21.6. The van der Waals surface area contributed by atoms with E-state index < -0.39 is 28.5 Å². The molecule has 37 heavy (non-hydrogen) atoms. The van der Waals surface area contributed by atoms with Crippen molar-refractivity contribution in [2.45, 2.75) is 44.6 Å². The van der Waals surface area contributed by atoms with E-state index in [-0.39, 0.29) is 17.3 Å². The third kappa shape index (κ3) is 7.43. The fourth-order valence-corrected chi connectivity index (χ4v) is 5.34.